The quantitative estimate of drug-likeness (QED) is 0.880. The molecular formula is C16H15ClO2. The minimum atomic E-state index is -0.940. The van der Waals surface area contributed by atoms with Gasteiger partial charge in [-0.1, -0.05) is 49.2 Å². The van der Waals surface area contributed by atoms with Gasteiger partial charge in [-0.25, -0.2) is 4.79 Å². The van der Waals surface area contributed by atoms with Crippen LogP contribution in [0, 0.1) is 0 Å². The number of hydrogen-bond acceptors (Lipinski definition) is 1. The molecule has 0 bridgehead atoms. The van der Waals surface area contributed by atoms with E-state index in [1.807, 2.05) is 24.3 Å². The van der Waals surface area contributed by atoms with Gasteiger partial charge in [-0.15, -0.1) is 0 Å². The molecule has 2 rings (SSSR count). The van der Waals surface area contributed by atoms with Crippen LogP contribution >= 0.6 is 11.6 Å². The van der Waals surface area contributed by atoms with Gasteiger partial charge in [-0.3, -0.25) is 0 Å². The maximum Gasteiger partial charge on any atom is 0.336 e. The maximum atomic E-state index is 11.2. The normalized spacial score (nSPS) is 10.4. The van der Waals surface area contributed by atoms with E-state index in [2.05, 4.69) is 6.92 Å². The van der Waals surface area contributed by atoms with Crippen LogP contribution in [0.2, 0.25) is 5.02 Å². The fraction of sp³-hybridized carbons (Fsp3) is 0.188. The van der Waals surface area contributed by atoms with Gasteiger partial charge in [-0.2, -0.15) is 0 Å². The van der Waals surface area contributed by atoms with Crippen molar-refractivity contribution in [1.82, 2.24) is 0 Å². The molecule has 2 nitrogen and oxygen atoms in total. The summed E-state index contributed by atoms with van der Waals surface area (Å²) < 4.78 is 0. The lowest BCUT2D eigenvalue weighted by Crippen LogP contribution is -1.99. The zero-order chi connectivity index (χ0) is 13.8. The van der Waals surface area contributed by atoms with Crippen LogP contribution in [0.1, 0.15) is 29.3 Å². The van der Waals surface area contributed by atoms with Crippen molar-refractivity contribution in [2.75, 3.05) is 0 Å². The number of aryl methyl sites for hydroxylation is 1. The number of benzene rings is 2. The van der Waals surface area contributed by atoms with Crippen molar-refractivity contribution in [2.24, 2.45) is 0 Å². The number of carboxylic acid groups (broad SMARTS) is 1. The Morgan fingerprint density at radius 3 is 2.42 bits per heavy atom. The second-order valence-electron chi connectivity index (χ2n) is 4.44. The van der Waals surface area contributed by atoms with Gasteiger partial charge < -0.3 is 5.11 Å². The highest BCUT2D eigenvalue weighted by atomic mass is 35.5. The number of carboxylic acids is 1. The molecule has 0 saturated heterocycles. The summed E-state index contributed by atoms with van der Waals surface area (Å²) in [4.78, 5) is 11.2. The molecule has 1 N–H and O–H groups in total. The molecule has 0 amide bonds. The van der Waals surface area contributed by atoms with Crippen molar-refractivity contribution in [1.29, 1.82) is 0 Å². The smallest absolute Gasteiger partial charge is 0.336 e. The summed E-state index contributed by atoms with van der Waals surface area (Å²) in [6.07, 6.45) is 2.12. The first kappa shape index (κ1) is 13.6. The summed E-state index contributed by atoms with van der Waals surface area (Å²) >= 11 is 5.96. The fourth-order valence-corrected chi connectivity index (χ4v) is 2.25. The van der Waals surface area contributed by atoms with Crippen molar-refractivity contribution in [3.63, 3.8) is 0 Å². The van der Waals surface area contributed by atoms with E-state index >= 15 is 0 Å². The van der Waals surface area contributed by atoms with E-state index < -0.39 is 5.97 Å². The van der Waals surface area contributed by atoms with Crippen LogP contribution in [-0.4, -0.2) is 11.1 Å². The first-order valence-corrected chi connectivity index (χ1v) is 6.61. The van der Waals surface area contributed by atoms with E-state index in [0.29, 0.717) is 10.6 Å². The molecule has 0 unspecified atom stereocenters. The lowest BCUT2D eigenvalue weighted by molar-refractivity contribution is 0.0698. The largest absolute Gasteiger partial charge is 0.478 e. The van der Waals surface area contributed by atoms with Crippen molar-refractivity contribution < 1.29 is 9.90 Å². The van der Waals surface area contributed by atoms with Gasteiger partial charge in [0.05, 0.1) is 5.56 Å². The Hall–Kier alpha value is -1.80. The van der Waals surface area contributed by atoms with Crippen LogP contribution in [0.15, 0.2) is 42.5 Å². The number of hydrogen-bond donors (Lipinski definition) is 1. The van der Waals surface area contributed by atoms with Gasteiger partial charge >= 0.3 is 5.97 Å². The first-order valence-electron chi connectivity index (χ1n) is 6.24. The van der Waals surface area contributed by atoms with Crippen LogP contribution in [0.3, 0.4) is 0 Å². The van der Waals surface area contributed by atoms with E-state index in [-0.39, 0.29) is 5.56 Å². The average molecular weight is 275 g/mol. The molecule has 0 fully saturated rings. The Morgan fingerprint density at radius 1 is 1.16 bits per heavy atom. The lowest BCUT2D eigenvalue weighted by Gasteiger charge is -2.08. The first-order chi connectivity index (χ1) is 9.11. The maximum absolute atomic E-state index is 11.2. The highest BCUT2D eigenvalue weighted by molar-refractivity contribution is 6.31. The summed E-state index contributed by atoms with van der Waals surface area (Å²) in [5.74, 6) is -0.940. The SMILES string of the molecule is CCCc1ccc(-c2cc(Cl)ccc2C(=O)O)cc1. The monoisotopic (exact) mass is 274 g/mol. The van der Waals surface area contributed by atoms with Gasteiger partial charge in [0.1, 0.15) is 0 Å². The summed E-state index contributed by atoms with van der Waals surface area (Å²) in [6, 6.07) is 12.8. The summed E-state index contributed by atoms with van der Waals surface area (Å²) in [5, 5.41) is 9.75. The predicted octanol–water partition coefficient (Wildman–Crippen LogP) is 4.66. The molecule has 0 heterocycles. The van der Waals surface area contributed by atoms with Crippen LogP contribution in [0.25, 0.3) is 11.1 Å². The molecule has 0 aliphatic carbocycles. The second-order valence-corrected chi connectivity index (χ2v) is 4.88. The van der Waals surface area contributed by atoms with E-state index in [1.54, 1.807) is 18.2 Å². The minimum Gasteiger partial charge on any atom is -0.478 e. The fourth-order valence-electron chi connectivity index (χ4n) is 2.08. The third-order valence-corrected chi connectivity index (χ3v) is 3.25. The molecule has 0 spiro atoms. The summed E-state index contributed by atoms with van der Waals surface area (Å²) in [7, 11) is 0. The van der Waals surface area contributed by atoms with Crippen molar-refractivity contribution in [3.05, 3.63) is 58.6 Å². The standard InChI is InChI=1S/C16H15ClO2/c1-2-3-11-4-6-12(7-5-11)15-10-13(17)8-9-14(15)16(18)19/h4-10H,2-3H2,1H3,(H,18,19). The molecule has 2 aromatic rings. The zero-order valence-corrected chi connectivity index (χ0v) is 11.4. The molecule has 0 atom stereocenters. The highest BCUT2D eigenvalue weighted by Gasteiger charge is 2.12. The number of halogens is 1. The van der Waals surface area contributed by atoms with Crippen LogP contribution in [-0.2, 0) is 6.42 Å². The Balaban J connectivity index is 2.45. The van der Waals surface area contributed by atoms with E-state index in [9.17, 15) is 9.90 Å². The Morgan fingerprint density at radius 2 is 1.84 bits per heavy atom. The Labute approximate surface area is 117 Å². The van der Waals surface area contributed by atoms with Crippen molar-refractivity contribution in [3.8, 4) is 11.1 Å². The van der Waals surface area contributed by atoms with Crippen molar-refractivity contribution >= 4 is 17.6 Å². The summed E-state index contributed by atoms with van der Waals surface area (Å²) in [6.45, 7) is 2.13. The molecule has 0 aromatic heterocycles. The molecule has 3 heteroatoms. The molecule has 0 aliphatic heterocycles. The van der Waals surface area contributed by atoms with Gasteiger partial charge in [0.25, 0.3) is 0 Å². The zero-order valence-electron chi connectivity index (χ0n) is 10.7. The van der Waals surface area contributed by atoms with E-state index in [1.165, 1.54) is 5.56 Å². The number of rotatable bonds is 4. The predicted molar refractivity (Wildman–Crippen MR) is 77.8 cm³/mol. The van der Waals surface area contributed by atoms with Crippen LogP contribution in [0.5, 0.6) is 0 Å². The number of aromatic carboxylic acids is 1. The average Bonchev–Trinajstić information content (AvgIpc) is 2.39. The van der Waals surface area contributed by atoms with Gasteiger partial charge in [0.15, 0.2) is 0 Å². The molecule has 2 aromatic carbocycles. The van der Waals surface area contributed by atoms with Gasteiger partial charge in [0, 0.05) is 5.02 Å². The molecule has 0 radical (unpaired) electrons. The van der Waals surface area contributed by atoms with Crippen LogP contribution in [0.4, 0.5) is 0 Å². The summed E-state index contributed by atoms with van der Waals surface area (Å²) in [5.41, 5.74) is 3.06. The molecule has 0 saturated carbocycles. The topological polar surface area (TPSA) is 37.3 Å². The van der Waals surface area contributed by atoms with Gasteiger partial charge in [0.2, 0.25) is 0 Å². The Bertz CT molecular complexity index is 588. The minimum absolute atomic E-state index is 0.271. The molecule has 19 heavy (non-hydrogen) atoms. The number of carbonyl (C=O) groups is 1. The highest BCUT2D eigenvalue weighted by Crippen LogP contribution is 2.27. The van der Waals surface area contributed by atoms with Crippen LogP contribution < -0.4 is 0 Å². The third kappa shape index (κ3) is 3.15. The van der Waals surface area contributed by atoms with E-state index in [4.69, 9.17) is 11.6 Å². The second kappa shape index (κ2) is 5.89. The van der Waals surface area contributed by atoms with Gasteiger partial charge in [-0.05, 0) is 41.3 Å². The molecule has 0 aliphatic rings. The lowest BCUT2D eigenvalue weighted by atomic mass is 9.98. The molecule has 98 valence electrons. The Kier molecular flexibility index (Phi) is 4.23. The third-order valence-electron chi connectivity index (χ3n) is 3.02. The van der Waals surface area contributed by atoms with E-state index in [0.717, 1.165) is 18.4 Å². The molecular weight excluding hydrogens is 260 g/mol. The van der Waals surface area contributed by atoms with Crippen molar-refractivity contribution in [2.45, 2.75) is 19.8 Å².